The molecule has 1 heteroatoms. The van der Waals surface area contributed by atoms with E-state index in [1.54, 1.807) is 6.08 Å². The van der Waals surface area contributed by atoms with Gasteiger partial charge in [-0.05, 0) is 44.6 Å². The highest BCUT2D eigenvalue weighted by Gasteiger charge is 1.94. The number of hydrogen-bond donors (Lipinski definition) is 0. The molecule has 104 valence electrons. The molecule has 19 heavy (non-hydrogen) atoms. The summed E-state index contributed by atoms with van der Waals surface area (Å²) in [5, 5.41) is 0. The summed E-state index contributed by atoms with van der Waals surface area (Å²) in [6.07, 6.45) is 13.8. The van der Waals surface area contributed by atoms with Gasteiger partial charge in [0.2, 0.25) is 0 Å². The predicted molar refractivity (Wildman–Crippen MR) is 89.8 cm³/mol. The molecule has 0 aliphatic heterocycles. The van der Waals surface area contributed by atoms with Gasteiger partial charge in [-0.25, -0.2) is 0 Å². The Morgan fingerprint density at radius 1 is 0.947 bits per heavy atom. The average Bonchev–Trinajstić information content (AvgIpc) is 2.39. The van der Waals surface area contributed by atoms with Crippen LogP contribution in [0.1, 0.15) is 20.8 Å². The van der Waals surface area contributed by atoms with Crippen molar-refractivity contribution in [3.8, 4) is 0 Å². The first-order chi connectivity index (χ1) is 9.01. The van der Waals surface area contributed by atoms with Crippen molar-refractivity contribution in [3.05, 3.63) is 85.8 Å². The highest BCUT2D eigenvalue weighted by atomic mass is 15.1. The Bertz CT molecular complexity index is 388. The molecule has 0 radical (unpaired) electrons. The summed E-state index contributed by atoms with van der Waals surface area (Å²) in [5.74, 6) is 0. The van der Waals surface area contributed by atoms with Gasteiger partial charge in [-0.3, -0.25) is 0 Å². The van der Waals surface area contributed by atoms with Crippen molar-refractivity contribution in [2.45, 2.75) is 20.8 Å². The second kappa shape index (κ2) is 12.4. The molecule has 0 saturated carbocycles. The van der Waals surface area contributed by atoms with Crippen LogP contribution in [0.25, 0.3) is 0 Å². The third-order valence-electron chi connectivity index (χ3n) is 2.15. The van der Waals surface area contributed by atoms with Crippen LogP contribution >= 0.6 is 0 Å². The van der Waals surface area contributed by atoms with E-state index < -0.39 is 0 Å². The Labute approximate surface area is 119 Å². The highest BCUT2D eigenvalue weighted by molar-refractivity contribution is 5.26. The van der Waals surface area contributed by atoms with Crippen LogP contribution in [0.5, 0.6) is 0 Å². The van der Waals surface area contributed by atoms with Crippen molar-refractivity contribution in [1.82, 2.24) is 4.90 Å². The van der Waals surface area contributed by atoms with E-state index in [9.17, 15) is 0 Å². The van der Waals surface area contributed by atoms with E-state index in [0.29, 0.717) is 0 Å². The molecular formula is C18H27N. The zero-order chi connectivity index (χ0) is 15.3. The molecule has 0 rings (SSSR count). The van der Waals surface area contributed by atoms with E-state index >= 15 is 0 Å². The fourth-order valence-electron chi connectivity index (χ4n) is 1.14. The summed E-state index contributed by atoms with van der Waals surface area (Å²) in [6.45, 7) is 19.7. The van der Waals surface area contributed by atoms with Gasteiger partial charge >= 0.3 is 0 Å². The van der Waals surface area contributed by atoms with Gasteiger partial charge in [0.15, 0.2) is 0 Å². The van der Waals surface area contributed by atoms with Gasteiger partial charge in [0.25, 0.3) is 0 Å². The Kier molecular flexibility index (Phi) is 12.6. The molecule has 0 saturated heterocycles. The second-order valence-electron chi connectivity index (χ2n) is 4.11. The van der Waals surface area contributed by atoms with Crippen LogP contribution in [0.15, 0.2) is 85.8 Å². The standard InChI is InChI=1S/C16H23N.C2H4/c1-7-9-15(5)12-13-17(6)16(8-2)11-10-14(3)4;1-2/h7-13H,1-2H2,3-6H3;1-2H2/b13-12-,15-9-,16-11+;. The molecule has 0 fully saturated rings. The smallest absolute Gasteiger partial charge is 0.0397 e. The minimum absolute atomic E-state index is 1.06. The topological polar surface area (TPSA) is 3.24 Å². The largest absolute Gasteiger partial charge is 0.351 e. The van der Waals surface area contributed by atoms with Crippen molar-refractivity contribution in [1.29, 1.82) is 0 Å². The van der Waals surface area contributed by atoms with Crippen LogP contribution in [-0.2, 0) is 0 Å². The number of allylic oxidation sites excluding steroid dienone is 8. The van der Waals surface area contributed by atoms with E-state index in [1.807, 2.05) is 43.3 Å². The number of nitrogens with zero attached hydrogens (tertiary/aromatic N) is 1. The van der Waals surface area contributed by atoms with E-state index in [-0.39, 0.29) is 0 Å². The molecule has 0 amide bonds. The van der Waals surface area contributed by atoms with Crippen molar-refractivity contribution in [2.24, 2.45) is 0 Å². The number of likely N-dealkylation sites (N-methyl/N-ethyl adjacent to an activating group) is 1. The molecular weight excluding hydrogens is 230 g/mol. The third-order valence-corrected chi connectivity index (χ3v) is 2.15. The predicted octanol–water partition coefficient (Wildman–Crippen LogP) is 5.40. The van der Waals surface area contributed by atoms with Crippen LogP contribution in [-0.4, -0.2) is 11.9 Å². The maximum atomic E-state index is 3.82. The van der Waals surface area contributed by atoms with Crippen molar-refractivity contribution in [2.75, 3.05) is 7.05 Å². The second-order valence-corrected chi connectivity index (χ2v) is 4.11. The SMILES string of the molecule is C=C.C=C/C=C(C)\C=C/N(C)/C(C=C)=C/C=C(C)C. The van der Waals surface area contributed by atoms with Gasteiger partial charge in [0.1, 0.15) is 0 Å². The third kappa shape index (κ3) is 10.8. The maximum absolute atomic E-state index is 3.82. The van der Waals surface area contributed by atoms with Crippen LogP contribution in [0.2, 0.25) is 0 Å². The summed E-state index contributed by atoms with van der Waals surface area (Å²) in [7, 11) is 2.00. The molecule has 0 aromatic heterocycles. The van der Waals surface area contributed by atoms with Gasteiger partial charge in [-0.2, -0.15) is 0 Å². The lowest BCUT2D eigenvalue weighted by Gasteiger charge is -2.14. The van der Waals surface area contributed by atoms with E-state index in [4.69, 9.17) is 0 Å². The Balaban J connectivity index is 0. The molecule has 0 spiro atoms. The fraction of sp³-hybridized carbons (Fsp3) is 0.222. The first-order valence-corrected chi connectivity index (χ1v) is 6.19. The van der Waals surface area contributed by atoms with Crippen LogP contribution in [0.4, 0.5) is 0 Å². The number of rotatable bonds is 6. The molecule has 0 aliphatic rings. The molecule has 0 heterocycles. The zero-order valence-electron chi connectivity index (χ0n) is 12.8. The van der Waals surface area contributed by atoms with Crippen molar-refractivity contribution >= 4 is 0 Å². The number of hydrogen-bond acceptors (Lipinski definition) is 1. The van der Waals surface area contributed by atoms with Gasteiger partial charge in [-0.15, -0.1) is 13.2 Å². The molecule has 0 aromatic carbocycles. The Morgan fingerprint density at radius 3 is 1.95 bits per heavy atom. The monoisotopic (exact) mass is 257 g/mol. The molecule has 0 atom stereocenters. The lowest BCUT2D eigenvalue weighted by atomic mass is 10.2. The normalized spacial score (nSPS) is 11.4. The van der Waals surface area contributed by atoms with Gasteiger partial charge in [-0.1, -0.05) is 37.0 Å². The summed E-state index contributed by atoms with van der Waals surface area (Å²) >= 11 is 0. The molecule has 0 aliphatic carbocycles. The van der Waals surface area contributed by atoms with Crippen molar-refractivity contribution in [3.63, 3.8) is 0 Å². The average molecular weight is 257 g/mol. The summed E-state index contributed by atoms with van der Waals surface area (Å²) in [4.78, 5) is 2.03. The summed E-state index contributed by atoms with van der Waals surface area (Å²) in [5.41, 5.74) is 3.50. The van der Waals surface area contributed by atoms with Gasteiger partial charge < -0.3 is 4.90 Å². The molecule has 0 bridgehead atoms. The van der Waals surface area contributed by atoms with Crippen LogP contribution in [0, 0.1) is 0 Å². The minimum Gasteiger partial charge on any atom is -0.351 e. The minimum atomic E-state index is 1.06. The first kappa shape index (κ1) is 19.3. The lowest BCUT2D eigenvalue weighted by Crippen LogP contribution is -2.07. The van der Waals surface area contributed by atoms with E-state index in [2.05, 4.69) is 52.3 Å². The molecule has 0 unspecified atom stereocenters. The fourth-order valence-corrected chi connectivity index (χ4v) is 1.14. The highest BCUT2D eigenvalue weighted by Crippen LogP contribution is 2.06. The molecule has 0 N–H and O–H groups in total. The van der Waals surface area contributed by atoms with Crippen LogP contribution in [0.3, 0.4) is 0 Å². The summed E-state index contributed by atoms with van der Waals surface area (Å²) < 4.78 is 0. The Hall–Kier alpha value is -2.02. The quantitative estimate of drug-likeness (QED) is 0.454. The zero-order valence-corrected chi connectivity index (χ0v) is 12.8. The lowest BCUT2D eigenvalue weighted by molar-refractivity contribution is 0.588. The van der Waals surface area contributed by atoms with Gasteiger partial charge in [0, 0.05) is 18.9 Å². The Morgan fingerprint density at radius 2 is 1.53 bits per heavy atom. The molecule has 0 aromatic rings. The van der Waals surface area contributed by atoms with Gasteiger partial charge in [0.05, 0.1) is 0 Å². The van der Waals surface area contributed by atoms with E-state index in [0.717, 1.165) is 11.3 Å². The van der Waals surface area contributed by atoms with Crippen molar-refractivity contribution < 1.29 is 0 Å². The maximum Gasteiger partial charge on any atom is 0.0397 e. The first-order valence-electron chi connectivity index (χ1n) is 6.19. The summed E-state index contributed by atoms with van der Waals surface area (Å²) in [6, 6.07) is 0. The van der Waals surface area contributed by atoms with Crippen LogP contribution < -0.4 is 0 Å². The van der Waals surface area contributed by atoms with E-state index in [1.165, 1.54) is 5.57 Å². The molecule has 1 nitrogen and oxygen atoms in total.